The number of amides is 1. The summed E-state index contributed by atoms with van der Waals surface area (Å²) in [5.41, 5.74) is -3.40. The molecule has 0 N–H and O–H groups in total. The summed E-state index contributed by atoms with van der Waals surface area (Å²) in [6, 6.07) is 7.26. The molecule has 1 aliphatic rings. The molecule has 1 fully saturated rings. The van der Waals surface area contributed by atoms with Crippen LogP contribution in [0.5, 0.6) is 0 Å². The Morgan fingerprint density at radius 2 is 1.70 bits per heavy atom. The van der Waals surface area contributed by atoms with E-state index in [4.69, 9.17) is 4.74 Å². The highest BCUT2D eigenvalue weighted by atomic mass is 19.4. The molecule has 0 bridgehead atoms. The molecule has 1 aromatic rings. The van der Waals surface area contributed by atoms with E-state index in [1.807, 2.05) is 0 Å². The molecule has 1 aromatic carbocycles. The molecule has 2 rings (SSSR count). The molecule has 6 heteroatoms. The predicted octanol–water partition coefficient (Wildman–Crippen LogP) is 3.69. The smallest absolute Gasteiger partial charge is 0.426 e. The van der Waals surface area contributed by atoms with Gasteiger partial charge in [-0.25, -0.2) is 4.79 Å². The first-order chi connectivity index (χ1) is 9.08. The van der Waals surface area contributed by atoms with Crippen LogP contribution in [0.1, 0.15) is 26.3 Å². The number of hydrogen-bond donors (Lipinski definition) is 0. The third-order valence-corrected chi connectivity index (χ3v) is 3.37. The molecular weight excluding hydrogens is 271 g/mol. The first-order valence-electron chi connectivity index (χ1n) is 6.21. The minimum Gasteiger partial charge on any atom is -0.426 e. The van der Waals surface area contributed by atoms with E-state index in [9.17, 15) is 18.0 Å². The summed E-state index contributed by atoms with van der Waals surface area (Å²) in [7, 11) is 0. The van der Waals surface area contributed by atoms with Crippen LogP contribution in [0.15, 0.2) is 30.3 Å². The van der Waals surface area contributed by atoms with Gasteiger partial charge in [-0.2, -0.15) is 13.2 Å². The predicted molar refractivity (Wildman–Crippen MR) is 67.1 cm³/mol. The van der Waals surface area contributed by atoms with E-state index >= 15 is 0 Å². The molecule has 110 valence electrons. The van der Waals surface area contributed by atoms with Crippen molar-refractivity contribution in [3.8, 4) is 0 Å². The molecule has 1 saturated heterocycles. The molecule has 20 heavy (non-hydrogen) atoms. The van der Waals surface area contributed by atoms with Crippen LogP contribution >= 0.6 is 0 Å². The Kier molecular flexibility index (Phi) is 3.23. The minimum atomic E-state index is -4.68. The van der Waals surface area contributed by atoms with Crippen molar-refractivity contribution in [2.24, 2.45) is 0 Å². The first-order valence-corrected chi connectivity index (χ1v) is 6.21. The highest BCUT2D eigenvalue weighted by molar-refractivity contribution is 5.72. The zero-order chi connectivity index (χ0) is 15.2. The maximum Gasteiger partial charge on any atom is 0.434 e. The minimum absolute atomic E-state index is 0.0624. The Labute approximate surface area is 115 Å². The van der Waals surface area contributed by atoms with Crippen molar-refractivity contribution in [3.63, 3.8) is 0 Å². The normalized spacial score (nSPS) is 23.9. The van der Waals surface area contributed by atoms with E-state index in [2.05, 4.69) is 0 Å². The van der Waals surface area contributed by atoms with Crippen LogP contribution in [0.4, 0.5) is 18.0 Å². The maximum atomic E-state index is 13.5. The molecule has 1 unspecified atom stereocenters. The summed E-state index contributed by atoms with van der Waals surface area (Å²) < 4.78 is 45.4. The van der Waals surface area contributed by atoms with Gasteiger partial charge in [0.05, 0.1) is 6.54 Å². The lowest BCUT2D eigenvalue weighted by molar-refractivity contribution is -0.251. The van der Waals surface area contributed by atoms with Gasteiger partial charge in [0.1, 0.15) is 0 Å². The number of cyclic esters (lactones) is 1. The second-order valence-electron chi connectivity index (χ2n) is 5.82. The van der Waals surface area contributed by atoms with Crippen molar-refractivity contribution >= 4 is 6.09 Å². The number of alkyl halides is 3. The summed E-state index contributed by atoms with van der Waals surface area (Å²) >= 11 is 0. The number of carbonyl (C=O) groups is 1. The Morgan fingerprint density at radius 3 is 2.10 bits per heavy atom. The Hall–Kier alpha value is -1.72. The maximum absolute atomic E-state index is 13.5. The van der Waals surface area contributed by atoms with E-state index < -0.39 is 30.0 Å². The highest BCUT2D eigenvalue weighted by Crippen LogP contribution is 2.47. The first kappa shape index (κ1) is 14.7. The quantitative estimate of drug-likeness (QED) is 0.788. The van der Waals surface area contributed by atoms with E-state index in [1.165, 1.54) is 24.3 Å². The van der Waals surface area contributed by atoms with Crippen molar-refractivity contribution < 1.29 is 22.7 Å². The number of nitrogens with zero attached hydrogens (tertiary/aromatic N) is 1. The van der Waals surface area contributed by atoms with Crippen molar-refractivity contribution in [2.45, 2.75) is 38.1 Å². The third-order valence-electron chi connectivity index (χ3n) is 3.37. The van der Waals surface area contributed by atoms with Crippen molar-refractivity contribution in [3.05, 3.63) is 35.9 Å². The highest BCUT2D eigenvalue weighted by Gasteiger charge is 2.65. The van der Waals surface area contributed by atoms with Gasteiger partial charge in [-0.05, 0) is 20.8 Å². The molecule has 0 radical (unpaired) electrons. The van der Waals surface area contributed by atoms with E-state index in [-0.39, 0.29) is 5.56 Å². The Balaban J connectivity index is 2.51. The van der Waals surface area contributed by atoms with Gasteiger partial charge in [-0.1, -0.05) is 30.3 Å². The largest absolute Gasteiger partial charge is 0.434 e. The van der Waals surface area contributed by atoms with Gasteiger partial charge in [0, 0.05) is 11.1 Å². The standard InChI is InChI=1S/C14H16F3NO2/c1-12(2,3)18-9-13(14(15,16)17,20-11(18)19)10-7-5-4-6-8-10/h4-8H,9H2,1-3H3. The topological polar surface area (TPSA) is 29.5 Å². The number of hydrogen-bond acceptors (Lipinski definition) is 2. The molecule has 1 atom stereocenters. The van der Waals surface area contributed by atoms with Crippen LogP contribution in [0.3, 0.4) is 0 Å². The van der Waals surface area contributed by atoms with Gasteiger partial charge < -0.3 is 4.74 Å². The molecule has 0 spiro atoms. The summed E-state index contributed by atoms with van der Waals surface area (Å²) in [5, 5.41) is 0. The van der Waals surface area contributed by atoms with Crippen LogP contribution in [0.25, 0.3) is 0 Å². The molecule has 3 nitrogen and oxygen atoms in total. The van der Waals surface area contributed by atoms with Gasteiger partial charge in [0.15, 0.2) is 0 Å². The SMILES string of the molecule is CC(C)(C)N1CC(c2ccccc2)(C(F)(F)F)OC1=O. The second kappa shape index (κ2) is 4.40. The van der Waals surface area contributed by atoms with Crippen LogP contribution in [-0.4, -0.2) is 29.3 Å². The lowest BCUT2D eigenvalue weighted by Gasteiger charge is -2.32. The molecule has 1 heterocycles. The second-order valence-corrected chi connectivity index (χ2v) is 5.82. The molecule has 1 aliphatic heterocycles. The number of benzene rings is 1. The van der Waals surface area contributed by atoms with Gasteiger partial charge in [0.25, 0.3) is 5.60 Å². The third kappa shape index (κ3) is 2.23. The van der Waals surface area contributed by atoms with Crippen LogP contribution in [0.2, 0.25) is 0 Å². The number of halogens is 3. The lowest BCUT2D eigenvalue weighted by atomic mass is 9.92. The number of rotatable bonds is 1. The van der Waals surface area contributed by atoms with Crippen molar-refractivity contribution in [1.29, 1.82) is 0 Å². The van der Waals surface area contributed by atoms with Crippen molar-refractivity contribution in [2.75, 3.05) is 6.54 Å². The fraction of sp³-hybridized carbons (Fsp3) is 0.500. The molecular formula is C14H16F3NO2. The van der Waals surface area contributed by atoms with Gasteiger partial charge in [-0.3, -0.25) is 4.90 Å². The summed E-state index contributed by atoms with van der Waals surface area (Å²) in [5.74, 6) is 0. The van der Waals surface area contributed by atoms with Gasteiger partial charge in [-0.15, -0.1) is 0 Å². The number of carbonyl (C=O) groups excluding carboxylic acids is 1. The van der Waals surface area contributed by atoms with Gasteiger partial charge in [0.2, 0.25) is 0 Å². The van der Waals surface area contributed by atoms with Crippen LogP contribution in [-0.2, 0) is 10.3 Å². The van der Waals surface area contributed by atoms with E-state index in [0.717, 1.165) is 4.90 Å². The molecule has 0 saturated carbocycles. The lowest BCUT2D eigenvalue weighted by Crippen LogP contribution is -2.48. The zero-order valence-corrected chi connectivity index (χ0v) is 11.5. The fourth-order valence-corrected chi connectivity index (χ4v) is 2.20. The Morgan fingerprint density at radius 1 is 1.15 bits per heavy atom. The molecule has 0 aromatic heterocycles. The Bertz CT molecular complexity index is 507. The molecule has 1 amide bonds. The van der Waals surface area contributed by atoms with Crippen LogP contribution < -0.4 is 0 Å². The summed E-state index contributed by atoms with van der Waals surface area (Å²) in [4.78, 5) is 13.0. The zero-order valence-electron chi connectivity index (χ0n) is 11.5. The van der Waals surface area contributed by atoms with Crippen LogP contribution in [0, 0.1) is 0 Å². The summed E-state index contributed by atoms with van der Waals surface area (Å²) in [6.07, 6.45) is -5.62. The van der Waals surface area contributed by atoms with Crippen molar-refractivity contribution in [1.82, 2.24) is 4.90 Å². The fourth-order valence-electron chi connectivity index (χ4n) is 2.20. The summed E-state index contributed by atoms with van der Waals surface area (Å²) in [6.45, 7) is 4.48. The molecule has 0 aliphatic carbocycles. The average Bonchev–Trinajstić information content (AvgIpc) is 2.69. The van der Waals surface area contributed by atoms with E-state index in [1.54, 1.807) is 26.8 Å². The van der Waals surface area contributed by atoms with E-state index in [0.29, 0.717) is 0 Å². The number of ether oxygens (including phenoxy) is 1. The monoisotopic (exact) mass is 287 g/mol. The van der Waals surface area contributed by atoms with Gasteiger partial charge >= 0.3 is 12.3 Å². The average molecular weight is 287 g/mol.